The van der Waals surface area contributed by atoms with Crippen LogP contribution in [-0.4, -0.2) is 24.2 Å². The van der Waals surface area contributed by atoms with Crippen molar-refractivity contribution in [3.05, 3.63) is 55.9 Å². The third-order valence-corrected chi connectivity index (χ3v) is 4.76. The van der Waals surface area contributed by atoms with Crippen LogP contribution in [0.15, 0.2) is 35.3 Å². The molecule has 2 rings (SSSR count). The zero-order valence-corrected chi connectivity index (χ0v) is 15.4. The third kappa shape index (κ3) is 5.63. The topological polar surface area (TPSA) is 56.7 Å². The number of hydrogen-bond donors (Lipinski definition) is 3. The number of aliphatic imine (C=N–C) groups is 1. The molecule has 0 saturated heterocycles. The molecule has 0 aliphatic heterocycles. The number of nitrogens with zero attached hydrogens (tertiary/aromatic N) is 1. The van der Waals surface area contributed by atoms with E-state index >= 15 is 0 Å². The van der Waals surface area contributed by atoms with E-state index in [0.717, 1.165) is 10.4 Å². The van der Waals surface area contributed by atoms with Gasteiger partial charge in [-0.3, -0.25) is 0 Å². The van der Waals surface area contributed by atoms with E-state index in [0.29, 0.717) is 29.9 Å². The smallest absolute Gasteiger partial charge is 0.191 e. The molecule has 2 aromatic rings. The Morgan fingerprint density at radius 2 is 2.08 bits per heavy atom. The van der Waals surface area contributed by atoms with Crippen LogP contribution in [0.4, 0.5) is 4.39 Å². The summed E-state index contributed by atoms with van der Waals surface area (Å²) in [6.07, 6.45) is -0.674. The Bertz CT molecular complexity index is 708. The molecule has 1 aromatic carbocycles. The summed E-state index contributed by atoms with van der Waals surface area (Å²) >= 11 is 13.0. The molecule has 0 amide bonds. The van der Waals surface area contributed by atoms with Crippen molar-refractivity contribution in [1.29, 1.82) is 0 Å². The highest BCUT2D eigenvalue weighted by molar-refractivity contribution is 7.16. The Balaban J connectivity index is 1.96. The van der Waals surface area contributed by atoms with Gasteiger partial charge in [-0.2, -0.15) is 0 Å². The highest BCUT2D eigenvalue weighted by Crippen LogP contribution is 2.26. The summed E-state index contributed by atoms with van der Waals surface area (Å²) < 4.78 is 13.8. The lowest BCUT2D eigenvalue weighted by Crippen LogP contribution is -2.39. The first-order chi connectivity index (χ1) is 11.5. The van der Waals surface area contributed by atoms with Gasteiger partial charge in [0.15, 0.2) is 5.96 Å². The second-order valence-corrected chi connectivity index (χ2v) is 7.14. The van der Waals surface area contributed by atoms with Crippen LogP contribution in [0.1, 0.15) is 23.5 Å². The van der Waals surface area contributed by atoms with Crippen LogP contribution in [0.2, 0.25) is 9.36 Å². The molecule has 1 aromatic heterocycles. The minimum absolute atomic E-state index is 0.0747. The number of guanidine groups is 1. The van der Waals surface area contributed by atoms with Crippen LogP contribution in [-0.2, 0) is 6.54 Å². The quantitative estimate of drug-likeness (QED) is 0.517. The minimum Gasteiger partial charge on any atom is -0.386 e. The van der Waals surface area contributed by atoms with E-state index < -0.39 is 11.9 Å². The fourth-order valence-corrected chi connectivity index (χ4v) is 3.20. The molecule has 0 bridgehead atoms. The van der Waals surface area contributed by atoms with Crippen molar-refractivity contribution < 1.29 is 9.50 Å². The van der Waals surface area contributed by atoms with Crippen molar-refractivity contribution in [3.63, 3.8) is 0 Å². The number of rotatable bonds is 6. The van der Waals surface area contributed by atoms with E-state index in [-0.39, 0.29) is 5.02 Å². The van der Waals surface area contributed by atoms with E-state index in [9.17, 15) is 9.50 Å². The SMILES string of the molecule is CCNC(=NCc1ccc(F)c(Cl)c1)NCC(O)c1ccc(Cl)s1. The zero-order chi connectivity index (χ0) is 17.5. The van der Waals surface area contributed by atoms with E-state index in [1.165, 1.54) is 17.4 Å². The van der Waals surface area contributed by atoms with Crippen molar-refractivity contribution in [2.75, 3.05) is 13.1 Å². The van der Waals surface area contributed by atoms with Gasteiger partial charge in [-0.15, -0.1) is 11.3 Å². The maximum absolute atomic E-state index is 13.2. The molecular formula is C16H18Cl2FN3OS. The molecule has 0 saturated carbocycles. The fraction of sp³-hybridized carbons (Fsp3) is 0.312. The summed E-state index contributed by atoms with van der Waals surface area (Å²) in [5.74, 6) is 0.104. The van der Waals surface area contributed by atoms with Crippen LogP contribution in [0, 0.1) is 5.82 Å². The van der Waals surface area contributed by atoms with Gasteiger partial charge in [0, 0.05) is 18.0 Å². The van der Waals surface area contributed by atoms with Gasteiger partial charge in [0.2, 0.25) is 0 Å². The highest BCUT2D eigenvalue weighted by atomic mass is 35.5. The molecule has 0 radical (unpaired) electrons. The van der Waals surface area contributed by atoms with Crippen molar-refractivity contribution >= 4 is 40.5 Å². The second kappa shape index (κ2) is 9.22. The summed E-state index contributed by atoms with van der Waals surface area (Å²) in [6.45, 7) is 3.27. The standard InChI is InChI=1S/C16H18Cl2FN3OS/c1-2-20-16(21-8-10-3-4-12(19)11(17)7-10)22-9-13(23)14-5-6-15(18)24-14/h3-7,13,23H,2,8-9H2,1H3,(H2,20,21,22). The molecule has 130 valence electrons. The number of aliphatic hydroxyl groups excluding tert-OH is 1. The average Bonchev–Trinajstić information content (AvgIpc) is 2.99. The van der Waals surface area contributed by atoms with E-state index in [1.54, 1.807) is 24.3 Å². The van der Waals surface area contributed by atoms with Crippen molar-refractivity contribution in [2.24, 2.45) is 4.99 Å². The minimum atomic E-state index is -0.674. The lowest BCUT2D eigenvalue weighted by molar-refractivity contribution is 0.184. The number of hydrogen-bond acceptors (Lipinski definition) is 3. The maximum Gasteiger partial charge on any atom is 0.191 e. The number of aliphatic hydroxyl groups is 1. The summed E-state index contributed by atoms with van der Waals surface area (Å²) in [6, 6.07) is 8.05. The molecule has 3 N–H and O–H groups in total. The highest BCUT2D eigenvalue weighted by Gasteiger charge is 2.11. The molecule has 1 unspecified atom stereocenters. The summed E-state index contributed by atoms with van der Waals surface area (Å²) in [4.78, 5) is 5.19. The van der Waals surface area contributed by atoms with Crippen LogP contribution < -0.4 is 10.6 Å². The van der Waals surface area contributed by atoms with Crippen LogP contribution in [0.5, 0.6) is 0 Å². The van der Waals surface area contributed by atoms with Gasteiger partial charge in [0.05, 0.1) is 15.9 Å². The molecular weight excluding hydrogens is 372 g/mol. The first-order valence-corrected chi connectivity index (χ1v) is 8.96. The predicted octanol–water partition coefficient (Wildman–Crippen LogP) is 3.98. The molecule has 24 heavy (non-hydrogen) atoms. The molecule has 8 heteroatoms. The van der Waals surface area contributed by atoms with Crippen molar-refractivity contribution in [1.82, 2.24) is 10.6 Å². The second-order valence-electron chi connectivity index (χ2n) is 4.98. The summed E-state index contributed by atoms with van der Waals surface area (Å²) in [5.41, 5.74) is 0.796. The fourth-order valence-electron chi connectivity index (χ4n) is 1.95. The molecule has 1 atom stereocenters. The Morgan fingerprint density at radius 1 is 1.29 bits per heavy atom. The molecule has 0 aliphatic carbocycles. The Hall–Kier alpha value is -1.34. The van der Waals surface area contributed by atoms with Gasteiger partial charge in [0.1, 0.15) is 11.9 Å². The van der Waals surface area contributed by atoms with Crippen molar-refractivity contribution in [2.45, 2.75) is 19.6 Å². The lowest BCUT2D eigenvalue weighted by atomic mass is 10.2. The number of thiophene rings is 1. The Labute approximate surface area is 154 Å². The Morgan fingerprint density at radius 3 is 2.71 bits per heavy atom. The Kier molecular flexibility index (Phi) is 7.30. The summed E-state index contributed by atoms with van der Waals surface area (Å²) in [7, 11) is 0. The zero-order valence-electron chi connectivity index (χ0n) is 13.0. The molecule has 0 spiro atoms. The normalized spacial score (nSPS) is 13.0. The average molecular weight is 390 g/mol. The molecule has 0 aliphatic rings. The monoisotopic (exact) mass is 389 g/mol. The van der Waals surface area contributed by atoms with Gasteiger partial charge in [-0.25, -0.2) is 9.38 Å². The molecule has 0 fully saturated rings. The third-order valence-electron chi connectivity index (χ3n) is 3.13. The lowest BCUT2D eigenvalue weighted by Gasteiger charge is -2.14. The first kappa shape index (κ1) is 19.0. The van der Waals surface area contributed by atoms with Crippen LogP contribution in [0.3, 0.4) is 0 Å². The number of nitrogens with one attached hydrogen (secondary N) is 2. The van der Waals surface area contributed by atoms with E-state index in [2.05, 4.69) is 15.6 Å². The van der Waals surface area contributed by atoms with Crippen LogP contribution in [0.25, 0.3) is 0 Å². The molecule has 1 heterocycles. The van der Waals surface area contributed by atoms with Gasteiger partial charge < -0.3 is 15.7 Å². The summed E-state index contributed by atoms with van der Waals surface area (Å²) in [5, 5.41) is 16.4. The maximum atomic E-state index is 13.2. The number of benzene rings is 1. The predicted molar refractivity (Wildman–Crippen MR) is 98.5 cm³/mol. The van der Waals surface area contributed by atoms with Crippen molar-refractivity contribution in [3.8, 4) is 0 Å². The van der Waals surface area contributed by atoms with E-state index in [4.69, 9.17) is 23.2 Å². The van der Waals surface area contributed by atoms with Crippen LogP contribution >= 0.6 is 34.5 Å². The van der Waals surface area contributed by atoms with E-state index in [1.807, 2.05) is 6.92 Å². The number of halogens is 3. The molecule has 4 nitrogen and oxygen atoms in total. The largest absolute Gasteiger partial charge is 0.386 e. The van der Waals surface area contributed by atoms with Gasteiger partial charge in [-0.1, -0.05) is 29.3 Å². The van der Waals surface area contributed by atoms with Gasteiger partial charge in [0.25, 0.3) is 0 Å². The van der Waals surface area contributed by atoms with Gasteiger partial charge >= 0.3 is 0 Å². The first-order valence-electron chi connectivity index (χ1n) is 7.39. The van der Waals surface area contributed by atoms with Gasteiger partial charge in [-0.05, 0) is 36.8 Å².